The van der Waals surface area contributed by atoms with Crippen LogP contribution in [0.25, 0.3) is 0 Å². The molecule has 0 aromatic rings. The quantitative estimate of drug-likeness (QED) is 0.0195. The first-order valence-electron chi connectivity index (χ1n) is 25.6. The SMILES string of the molecule is CC/C=C\C/C=C\C/C=C\C/C=C\C/C=C\C/C=C\C/C=C\C/C=C\CCCCC(=O)OC(COC(=O)CCCCCCC/C=C\CCCCCCCC)COP(=O)([O-])OCC[N+](C)(C)C. The first-order valence-corrected chi connectivity index (χ1v) is 27.1. The molecule has 0 amide bonds. The Labute approximate surface area is 404 Å². The minimum Gasteiger partial charge on any atom is -0.756 e. The molecule has 0 aromatic carbocycles. The van der Waals surface area contributed by atoms with Crippen LogP contribution in [0.5, 0.6) is 0 Å². The summed E-state index contributed by atoms with van der Waals surface area (Å²) in [5, 5.41) is 0. The second-order valence-corrected chi connectivity index (χ2v) is 19.2. The zero-order chi connectivity index (χ0) is 48.5. The van der Waals surface area contributed by atoms with Gasteiger partial charge in [-0.15, -0.1) is 0 Å². The van der Waals surface area contributed by atoms with E-state index >= 15 is 0 Å². The maximum atomic E-state index is 12.7. The number of likely N-dealkylation sites (N-methyl/N-ethyl adjacent to an activating group) is 1. The molecule has 9 nitrogen and oxygen atoms in total. The van der Waals surface area contributed by atoms with Crippen LogP contribution in [0.1, 0.15) is 181 Å². The highest BCUT2D eigenvalue weighted by Gasteiger charge is 2.21. The van der Waals surface area contributed by atoms with Gasteiger partial charge in [0.25, 0.3) is 7.82 Å². The van der Waals surface area contributed by atoms with Crippen LogP contribution in [0, 0.1) is 0 Å². The fourth-order valence-electron chi connectivity index (χ4n) is 6.31. The number of rotatable bonds is 45. The minimum atomic E-state index is -4.65. The van der Waals surface area contributed by atoms with Crippen molar-refractivity contribution in [1.29, 1.82) is 0 Å². The van der Waals surface area contributed by atoms with Gasteiger partial charge in [0.2, 0.25) is 0 Å². The topological polar surface area (TPSA) is 111 Å². The van der Waals surface area contributed by atoms with Gasteiger partial charge in [-0.05, 0) is 103 Å². The summed E-state index contributed by atoms with van der Waals surface area (Å²) in [4.78, 5) is 37.7. The second kappa shape index (κ2) is 46.8. The van der Waals surface area contributed by atoms with Gasteiger partial charge in [0.05, 0.1) is 27.7 Å². The van der Waals surface area contributed by atoms with Crippen LogP contribution in [0.2, 0.25) is 0 Å². The summed E-state index contributed by atoms with van der Waals surface area (Å²) in [5.41, 5.74) is 0. The summed E-state index contributed by atoms with van der Waals surface area (Å²) in [6, 6.07) is 0. The molecule has 0 aliphatic carbocycles. The number of allylic oxidation sites excluding steroid dienone is 18. The van der Waals surface area contributed by atoms with E-state index in [0.717, 1.165) is 96.3 Å². The normalized spacial score (nSPS) is 14.3. The van der Waals surface area contributed by atoms with Crippen molar-refractivity contribution in [3.8, 4) is 0 Å². The number of phosphoric acid groups is 1. The van der Waals surface area contributed by atoms with Crippen molar-refractivity contribution >= 4 is 19.8 Å². The zero-order valence-electron chi connectivity index (χ0n) is 42.3. The minimum absolute atomic E-state index is 0.0469. The smallest absolute Gasteiger partial charge is 0.306 e. The van der Waals surface area contributed by atoms with E-state index in [0.29, 0.717) is 23.9 Å². The molecule has 0 saturated heterocycles. The summed E-state index contributed by atoms with van der Waals surface area (Å²) in [5.74, 6) is -0.904. The lowest BCUT2D eigenvalue weighted by atomic mass is 10.1. The first kappa shape index (κ1) is 62.7. The molecule has 0 rings (SSSR count). The van der Waals surface area contributed by atoms with Gasteiger partial charge in [0.15, 0.2) is 6.10 Å². The number of carbonyl (C=O) groups excluding carboxylic acids is 2. The van der Waals surface area contributed by atoms with Gasteiger partial charge in [-0.2, -0.15) is 0 Å². The van der Waals surface area contributed by atoms with Crippen LogP contribution >= 0.6 is 7.82 Å². The van der Waals surface area contributed by atoms with Crippen LogP contribution in [0.15, 0.2) is 109 Å². The van der Waals surface area contributed by atoms with Gasteiger partial charge < -0.3 is 27.9 Å². The number of unbranched alkanes of at least 4 members (excludes halogenated alkanes) is 13. The van der Waals surface area contributed by atoms with Gasteiger partial charge in [0.1, 0.15) is 19.8 Å². The second-order valence-electron chi connectivity index (χ2n) is 17.8. The molecule has 0 bridgehead atoms. The lowest BCUT2D eigenvalue weighted by molar-refractivity contribution is -0.870. The van der Waals surface area contributed by atoms with Crippen molar-refractivity contribution in [3.63, 3.8) is 0 Å². The predicted molar refractivity (Wildman–Crippen MR) is 277 cm³/mol. The third-order valence-electron chi connectivity index (χ3n) is 10.3. The predicted octanol–water partition coefficient (Wildman–Crippen LogP) is 14.8. The van der Waals surface area contributed by atoms with E-state index in [-0.39, 0.29) is 26.1 Å². The van der Waals surface area contributed by atoms with Gasteiger partial charge in [-0.3, -0.25) is 14.2 Å². The van der Waals surface area contributed by atoms with Crippen molar-refractivity contribution < 1.29 is 42.1 Å². The van der Waals surface area contributed by atoms with E-state index in [1.165, 1.54) is 44.9 Å². The molecule has 66 heavy (non-hydrogen) atoms. The lowest BCUT2D eigenvalue weighted by Crippen LogP contribution is -2.37. The van der Waals surface area contributed by atoms with E-state index in [1.807, 2.05) is 21.1 Å². The van der Waals surface area contributed by atoms with Gasteiger partial charge in [0, 0.05) is 12.8 Å². The maximum Gasteiger partial charge on any atom is 0.306 e. The van der Waals surface area contributed by atoms with Crippen LogP contribution in [-0.4, -0.2) is 70.0 Å². The number of hydrogen-bond acceptors (Lipinski definition) is 8. The molecule has 2 unspecified atom stereocenters. The number of nitrogens with zero attached hydrogens (tertiary/aromatic N) is 1. The van der Waals surface area contributed by atoms with Gasteiger partial charge in [-0.25, -0.2) is 0 Å². The largest absolute Gasteiger partial charge is 0.756 e. The molecule has 2 atom stereocenters. The van der Waals surface area contributed by atoms with Crippen molar-refractivity contribution in [2.24, 2.45) is 0 Å². The Balaban J connectivity index is 4.39. The molecule has 0 aliphatic heterocycles. The standard InChI is InChI=1S/C56H94NO8P/c1-6-8-10-12-14-16-18-20-22-23-24-25-26-27-28-29-30-31-32-33-35-37-39-41-43-45-47-49-56(59)65-54(53-64-66(60,61)63-51-50-57(3,4)5)52-62-55(58)48-46-44-42-40-38-36-34-21-19-17-15-13-11-9-7-2/h8,10,14,16,20-22,24-25,27-28,30-31,33-35,39,41,54H,6-7,9,11-13,15,17-19,23,26,29,32,36-38,40,42-53H2,1-5H3/b10-8-,16-14-,22-20-,25-24-,28-27-,31-30-,34-21-,35-33-,41-39-. The molecular formula is C56H94NO8P. The van der Waals surface area contributed by atoms with E-state index in [2.05, 4.69) is 123 Å². The molecule has 0 saturated carbocycles. The van der Waals surface area contributed by atoms with E-state index in [1.54, 1.807) is 0 Å². The molecule has 0 radical (unpaired) electrons. The fraction of sp³-hybridized carbons (Fsp3) is 0.643. The Morgan fingerprint density at radius 3 is 1.33 bits per heavy atom. The van der Waals surface area contributed by atoms with Crippen LogP contribution in [0.3, 0.4) is 0 Å². The number of phosphoric ester groups is 1. The average molecular weight is 940 g/mol. The molecule has 0 N–H and O–H groups in total. The van der Waals surface area contributed by atoms with Crippen molar-refractivity contribution in [2.75, 3.05) is 47.5 Å². The molecule has 0 fully saturated rings. The average Bonchev–Trinajstić information content (AvgIpc) is 3.27. The Morgan fingerprint density at radius 1 is 0.485 bits per heavy atom. The molecule has 0 heterocycles. The number of ether oxygens (including phenoxy) is 2. The Hall–Kier alpha value is -3.33. The number of esters is 2. The highest BCUT2D eigenvalue weighted by Crippen LogP contribution is 2.38. The Bertz CT molecular complexity index is 1480. The molecule has 0 aromatic heterocycles. The number of carbonyl (C=O) groups is 2. The summed E-state index contributed by atoms with van der Waals surface area (Å²) >= 11 is 0. The van der Waals surface area contributed by atoms with Gasteiger partial charge >= 0.3 is 11.9 Å². The summed E-state index contributed by atoms with van der Waals surface area (Å²) in [6.45, 7) is 4.03. The third-order valence-corrected chi connectivity index (χ3v) is 11.2. The van der Waals surface area contributed by atoms with Crippen LogP contribution < -0.4 is 4.89 Å². The van der Waals surface area contributed by atoms with Crippen molar-refractivity contribution in [1.82, 2.24) is 0 Å². The first-order chi connectivity index (χ1) is 32.0. The molecule has 376 valence electrons. The Kier molecular flexibility index (Phi) is 44.4. The van der Waals surface area contributed by atoms with Crippen molar-refractivity contribution in [3.05, 3.63) is 109 Å². The van der Waals surface area contributed by atoms with Crippen LogP contribution in [-0.2, 0) is 32.7 Å². The molecule has 10 heteroatoms. The summed E-state index contributed by atoms with van der Waals surface area (Å²) < 4.78 is 34.0. The summed E-state index contributed by atoms with van der Waals surface area (Å²) in [6.07, 6.45) is 64.1. The number of hydrogen-bond donors (Lipinski definition) is 0. The van der Waals surface area contributed by atoms with E-state index in [4.69, 9.17) is 18.5 Å². The Morgan fingerprint density at radius 2 is 0.864 bits per heavy atom. The van der Waals surface area contributed by atoms with E-state index in [9.17, 15) is 19.0 Å². The maximum absolute atomic E-state index is 12.7. The molecular weight excluding hydrogens is 846 g/mol. The zero-order valence-corrected chi connectivity index (χ0v) is 43.2. The third kappa shape index (κ3) is 50.1. The summed E-state index contributed by atoms with van der Waals surface area (Å²) in [7, 11) is 1.11. The molecule has 0 spiro atoms. The lowest BCUT2D eigenvalue weighted by Gasteiger charge is -2.28. The fourth-order valence-corrected chi connectivity index (χ4v) is 7.04. The monoisotopic (exact) mass is 940 g/mol. The highest BCUT2D eigenvalue weighted by atomic mass is 31.2. The highest BCUT2D eigenvalue weighted by molar-refractivity contribution is 7.45. The van der Waals surface area contributed by atoms with Gasteiger partial charge in [-0.1, -0.05) is 175 Å². The molecule has 0 aliphatic rings. The van der Waals surface area contributed by atoms with Crippen molar-refractivity contribution in [2.45, 2.75) is 187 Å². The van der Waals surface area contributed by atoms with Crippen LogP contribution in [0.4, 0.5) is 0 Å². The van der Waals surface area contributed by atoms with E-state index < -0.39 is 32.5 Å². The number of quaternary nitrogens is 1.